The largest absolute Gasteiger partial charge is 0.490 e. The zero-order chi connectivity index (χ0) is 19.2. The van der Waals surface area contributed by atoms with Gasteiger partial charge in [0.05, 0.1) is 25.5 Å². The number of para-hydroxylation sites is 2. The minimum absolute atomic E-state index is 0.0766. The van der Waals surface area contributed by atoms with E-state index in [0.717, 1.165) is 48.4 Å². The number of thiazole rings is 1. The molecule has 8 heteroatoms. The molecule has 1 N–H and O–H groups in total. The summed E-state index contributed by atoms with van der Waals surface area (Å²) in [6, 6.07) is 7.83. The highest BCUT2D eigenvalue weighted by molar-refractivity contribution is 7.13. The monoisotopic (exact) mass is 397 g/mol. The van der Waals surface area contributed by atoms with E-state index in [4.69, 9.17) is 14.5 Å². The number of rotatable bonds is 7. The first-order valence-electron chi connectivity index (χ1n) is 9.44. The van der Waals surface area contributed by atoms with Crippen molar-refractivity contribution in [1.82, 2.24) is 15.0 Å². The average molecular weight is 398 g/mol. The molecule has 0 aliphatic carbocycles. The molecule has 28 heavy (non-hydrogen) atoms. The summed E-state index contributed by atoms with van der Waals surface area (Å²) in [6.07, 6.45) is 7.38. The van der Waals surface area contributed by atoms with Gasteiger partial charge in [-0.3, -0.25) is 4.98 Å². The maximum Gasteiger partial charge on any atom is 0.188 e. The third kappa shape index (κ3) is 4.51. The Morgan fingerprint density at radius 1 is 1.25 bits per heavy atom. The number of benzene rings is 1. The molecule has 1 unspecified atom stereocenters. The van der Waals surface area contributed by atoms with Gasteiger partial charge in [0.1, 0.15) is 11.9 Å². The molecule has 0 spiro atoms. The lowest BCUT2D eigenvalue weighted by atomic mass is 10.1. The summed E-state index contributed by atoms with van der Waals surface area (Å²) in [5.74, 6) is 3.11. The van der Waals surface area contributed by atoms with Crippen LogP contribution >= 0.6 is 11.3 Å². The molecule has 2 aromatic heterocycles. The molecule has 3 heterocycles. The number of aromatic nitrogens is 3. The average Bonchev–Trinajstić information content (AvgIpc) is 3.23. The number of nitrogens with zero attached hydrogens (tertiary/aromatic N) is 4. The smallest absolute Gasteiger partial charge is 0.188 e. The molecule has 0 bridgehead atoms. The van der Waals surface area contributed by atoms with Crippen molar-refractivity contribution in [3.63, 3.8) is 0 Å². The Morgan fingerprint density at radius 3 is 2.96 bits per heavy atom. The minimum Gasteiger partial charge on any atom is -0.490 e. The quantitative estimate of drug-likeness (QED) is 0.643. The zero-order valence-corrected chi connectivity index (χ0v) is 16.6. The van der Waals surface area contributed by atoms with Crippen LogP contribution in [-0.2, 0) is 0 Å². The second-order valence-electron chi connectivity index (χ2n) is 6.43. The predicted molar refractivity (Wildman–Crippen MR) is 111 cm³/mol. The third-order valence-corrected chi connectivity index (χ3v) is 5.12. The van der Waals surface area contributed by atoms with Gasteiger partial charge in [-0.15, -0.1) is 11.3 Å². The van der Waals surface area contributed by atoms with Gasteiger partial charge in [0.25, 0.3) is 0 Å². The lowest BCUT2D eigenvalue weighted by Crippen LogP contribution is -2.41. The van der Waals surface area contributed by atoms with E-state index in [1.54, 1.807) is 18.6 Å². The fourth-order valence-corrected chi connectivity index (χ4v) is 3.74. The van der Waals surface area contributed by atoms with E-state index in [-0.39, 0.29) is 6.10 Å². The van der Waals surface area contributed by atoms with Crippen molar-refractivity contribution in [2.45, 2.75) is 25.9 Å². The van der Waals surface area contributed by atoms with E-state index in [1.807, 2.05) is 36.6 Å². The number of nitrogens with one attached hydrogen (secondary N) is 1. The molecule has 1 aromatic carbocycles. The van der Waals surface area contributed by atoms with Gasteiger partial charge in [0.15, 0.2) is 22.4 Å². The SMILES string of the molecule is CCOc1ccccc1OC1CCCN(c2cncc(Nc3nccs3)n2)C1. The highest BCUT2D eigenvalue weighted by Crippen LogP contribution is 2.30. The van der Waals surface area contributed by atoms with Gasteiger partial charge in [-0.2, -0.15) is 0 Å². The normalized spacial score (nSPS) is 16.6. The Hall–Kier alpha value is -2.87. The maximum absolute atomic E-state index is 6.27. The number of piperidine rings is 1. The molecule has 1 aliphatic rings. The minimum atomic E-state index is 0.0766. The first-order chi connectivity index (χ1) is 13.8. The van der Waals surface area contributed by atoms with Crippen LogP contribution in [0.3, 0.4) is 0 Å². The van der Waals surface area contributed by atoms with Crippen molar-refractivity contribution >= 4 is 28.1 Å². The molecule has 1 aliphatic heterocycles. The summed E-state index contributed by atoms with van der Waals surface area (Å²) in [7, 11) is 0. The predicted octanol–water partition coefficient (Wildman–Crippen LogP) is 4.12. The summed E-state index contributed by atoms with van der Waals surface area (Å²) in [4.78, 5) is 15.5. The van der Waals surface area contributed by atoms with Crippen molar-refractivity contribution < 1.29 is 9.47 Å². The van der Waals surface area contributed by atoms with Gasteiger partial charge in [-0.05, 0) is 31.9 Å². The van der Waals surface area contributed by atoms with Gasteiger partial charge in [-0.25, -0.2) is 9.97 Å². The van der Waals surface area contributed by atoms with Crippen LogP contribution in [0.2, 0.25) is 0 Å². The van der Waals surface area contributed by atoms with Crippen molar-refractivity contribution in [1.29, 1.82) is 0 Å². The molecule has 0 saturated carbocycles. The Labute approximate surface area is 168 Å². The molecule has 1 atom stereocenters. The third-order valence-electron chi connectivity index (χ3n) is 4.43. The van der Waals surface area contributed by atoms with Crippen LogP contribution in [-0.4, -0.2) is 40.8 Å². The fourth-order valence-electron chi connectivity index (χ4n) is 3.21. The van der Waals surface area contributed by atoms with Gasteiger partial charge in [0, 0.05) is 18.1 Å². The van der Waals surface area contributed by atoms with Crippen LogP contribution in [0.1, 0.15) is 19.8 Å². The summed E-state index contributed by atoms with van der Waals surface area (Å²) < 4.78 is 11.9. The molecule has 7 nitrogen and oxygen atoms in total. The molecular weight excluding hydrogens is 374 g/mol. The van der Waals surface area contributed by atoms with Gasteiger partial charge >= 0.3 is 0 Å². The first-order valence-corrected chi connectivity index (χ1v) is 10.3. The summed E-state index contributed by atoms with van der Waals surface area (Å²) in [6.45, 7) is 4.29. The van der Waals surface area contributed by atoms with Crippen molar-refractivity contribution in [3.8, 4) is 11.5 Å². The number of anilines is 3. The zero-order valence-electron chi connectivity index (χ0n) is 15.7. The van der Waals surface area contributed by atoms with Crippen LogP contribution in [0, 0.1) is 0 Å². The first kappa shape index (κ1) is 18.5. The molecule has 146 valence electrons. The van der Waals surface area contributed by atoms with Crippen LogP contribution < -0.4 is 19.7 Å². The van der Waals surface area contributed by atoms with E-state index < -0.39 is 0 Å². The number of hydrogen-bond donors (Lipinski definition) is 1. The fraction of sp³-hybridized carbons (Fsp3) is 0.350. The van der Waals surface area contributed by atoms with Gasteiger partial charge < -0.3 is 19.7 Å². The topological polar surface area (TPSA) is 72.4 Å². The molecule has 0 amide bonds. The van der Waals surface area contributed by atoms with E-state index in [1.165, 1.54) is 11.3 Å². The van der Waals surface area contributed by atoms with Crippen LogP contribution in [0.15, 0.2) is 48.2 Å². The standard InChI is InChI=1S/C20H23N5O2S/c1-2-26-16-7-3-4-8-17(16)27-15-6-5-10-25(14-15)19-13-21-12-18(23-19)24-20-22-9-11-28-20/h3-4,7-9,11-13,15H,2,5-6,10,14H2,1H3,(H,22,23,24). The second-order valence-corrected chi connectivity index (χ2v) is 7.33. The van der Waals surface area contributed by atoms with Crippen molar-refractivity contribution in [2.75, 3.05) is 29.9 Å². The van der Waals surface area contributed by atoms with Crippen molar-refractivity contribution in [3.05, 3.63) is 48.2 Å². The second kappa shape index (κ2) is 8.88. The van der Waals surface area contributed by atoms with Crippen molar-refractivity contribution in [2.24, 2.45) is 0 Å². The van der Waals surface area contributed by atoms with Gasteiger partial charge in [-0.1, -0.05) is 12.1 Å². The summed E-state index contributed by atoms with van der Waals surface area (Å²) in [5, 5.41) is 5.92. The van der Waals surface area contributed by atoms with Crippen LogP contribution in [0.4, 0.5) is 16.8 Å². The molecule has 3 aromatic rings. The highest BCUT2D eigenvalue weighted by Gasteiger charge is 2.23. The van der Waals surface area contributed by atoms with E-state index in [2.05, 4.69) is 20.2 Å². The molecular formula is C20H23N5O2S. The molecule has 4 rings (SSSR count). The van der Waals surface area contributed by atoms with Gasteiger partial charge in [0.2, 0.25) is 0 Å². The lowest BCUT2D eigenvalue weighted by molar-refractivity contribution is 0.170. The lowest BCUT2D eigenvalue weighted by Gasteiger charge is -2.33. The molecule has 1 saturated heterocycles. The Balaban J connectivity index is 1.44. The van der Waals surface area contributed by atoms with Crippen LogP contribution in [0.5, 0.6) is 11.5 Å². The number of ether oxygens (including phenoxy) is 2. The van der Waals surface area contributed by atoms with E-state index in [0.29, 0.717) is 12.4 Å². The van der Waals surface area contributed by atoms with E-state index >= 15 is 0 Å². The highest BCUT2D eigenvalue weighted by atomic mass is 32.1. The Kier molecular flexibility index (Phi) is 5.86. The summed E-state index contributed by atoms with van der Waals surface area (Å²) in [5.41, 5.74) is 0. The Morgan fingerprint density at radius 2 is 2.14 bits per heavy atom. The van der Waals surface area contributed by atoms with Crippen LogP contribution in [0.25, 0.3) is 0 Å². The van der Waals surface area contributed by atoms with E-state index in [9.17, 15) is 0 Å². The Bertz CT molecular complexity index is 890. The maximum atomic E-state index is 6.27. The molecule has 1 fully saturated rings. The number of hydrogen-bond acceptors (Lipinski definition) is 8. The summed E-state index contributed by atoms with van der Waals surface area (Å²) >= 11 is 1.53. The molecule has 0 radical (unpaired) electrons.